The number of nitrogens with one attached hydrogen (secondary N) is 1. The Labute approximate surface area is 95.0 Å². The minimum atomic E-state index is 0.698. The molecule has 90 valence electrons. The summed E-state index contributed by atoms with van der Waals surface area (Å²) in [7, 11) is 0. The Kier molecular flexibility index (Phi) is 6.26. The molecule has 0 aliphatic carbocycles. The summed E-state index contributed by atoms with van der Waals surface area (Å²) in [4.78, 5) is 0. The molecule has 1 rings (SSSR count). The fourth-order valence-electron chi connectivity index (χ4n) is 2.76. The van der Waals surface area contributed by atoms with E-state index >= 15 is 0 Å². The topological polar surface area (TPSA) is 38.0 Å². The predicted octanol–water partition coefficient (Wildman–Crippen LogP) is 2.53. The molecule has 2 heteroatoms. The summed E-state index contributed by atoms with van der Waals surface area (Å²) in [6.45, 7) is 6.66. The zero-order valence-corrected chi connectivity index (χ0v) is 10.5. The van der Waals surface area contributed by atoms with Crippen LogP contribution < -0.4 is 11.1 Å². The third-order valence-corrected chi connectivity index (χ3v) is 4.01. The quantitative estimate of drug-likeness (QED) is 0.710. The molecule has 2 nitrogen and oxygen atoms in total. The van der Waals surface area contributed by atoms with Gasteiger partial charge in [-0.2, -0.15) is 0 Å². The van der Waals surface area contributed by atoms with Gasteiger partial charge in [-0.25, -0.2) is 0 Å². The van der Waals surface area contributed by atoms with Crippen LogP contribution in [0.4, 0.5) is 0 Å². The molecule has 0 spiro atoms. The monoisotopic (exact) mass is 212 g/mol. The highest BCUT2D eigenvalue weighted by Gasteiger charge is 2.23. The first-order valence-electron chi connectivity index (χ1n) is 6.75. The lowest BCUT2D eigenvalue weighted by Crippen LogP contribution is -2.43. The Morgan fingerprint density at radius 1 is 1.27 bits per heavy atom. The van der Waals surface area contributed by atoms with Crippen molar-refractivity contribution in [1.82, 2.24) is 5.32 Å². The van der Waals surface area contributed by atoms with Crippen LogP contribution in [0.25, 0.3) is 0 Å². The number of nitrogens with two attached hydrogens (primary N) is 1. The number of hydrogen-bond donors (Lipinski definition) is 2. The molecule has 0 radical (unpaired) electrons. The van der Waals surface area contributed by atoms with Crippen LogP contribution in [0, 0.1) is 11.8 Å². The van der Waals surface area contributed by atoms with E-state index in [2.05, 4.69) is 19.2 Å². The molecule has 1 aliphatic rings. The number of piperidine rings is 1. The van der Waals surface area contributed by atoms with E-state index in [0.717, 1.165) is 12.5 Å². The molecule has 0 saturated carbocycles. The summed E-state index contributed by atoms with van der Waals surface area (Å²) in [6, 6.07) is 0.698. The minimum Gasteiger partial charge on any atom is -0.330 e. The highest BCUT2D eigenvalue weighted by Crippen LogP contribution is 2.24. The van der Waals surface area contributed by atoms with Crippen molar-refractivity contribution in [3.8, 4) is 0 Å². The summed E-state index contributed by atoms with van der Waals surface area (Å²) >= 11 is 0. The van der Waals surface area contributed by atoms with Crippen molar-refractivity contribution in [3.63, 3.8) is 0 Å². The molecule has 0 amide bonds. The van der Waals surface area contributed by atoms with E-state index < -0.39 is 0 Å². The van der Waals surface area contributed by atoms with Gasteiger partial charge in [0.15, 0.2) is 0 Å². The van der Waals surface area contributed by atoms with Crippen molar-refractivity contribution in [1.29, 1.82) is 0 Å². The zero-order chi connectivity index (χ0) is 11.1. The fourth-order valence-corrected chi connectivity index (χ4v) is 2.76. The molecule has 15 heavy (non-hydrogen) atoms. The average molecular weight is 212 g/mol. The van der Waals surface area contributed by atoms with Gasteiger partial charge < -0.3 is 11.1 Å². The third kappa shape index (κ3) is 4.12. The molecule has 1 aliphatic heterocycles. The largest absolute Gasteiger partial charge is 0.330 e. The van der Waals surface area contributed by atoms with Crippen molar-refractivity contribution in [3.05, 3.63) is 0 Å². The highest BCUT2D eigenvalue weighted by molar-refractivity contribution is 4.81. The van der Waals surface area contributed by atoms with Crippen LogP contribution in [0.5, 0.6) is 0 Å². The van der Waals surface area contributed by atoms with E-state index in [1.807, 2.05) is 0 Å². The van der Waals surface area contributed by atoms with Crippen molar-refractivity contribution in [2.45, 2.75) is 58.4 Å². The van der Waals surface area contributed by atoms with Crippen LogP contribution in [-0.4, -0.2) is 19.1 Å². The van der Waals surface area contributed by atoms with Crippen LogP contribution in [0.2, 0.25) is 0 Å². The van der Waals surface area contributed by atoms with Gasteiger partial charge in [0, 0.05) is 6.04 Å². The first-order chi connectivity index (χ1) is 7.31. The Hall–Kier alpha value is -0.0800. The standard InChI is InChI=1S/C13H28N2/c1-3-11(4-2)9-12(10-14)13-7-5-6-8-15-13/h11-13,15H,3-10,14H2,1-2H3. The number of hydrogen-bond acceptors (Lipinski definition) is 2. The first-order valence-corrected chi connectivity index (χ1v) is 6.75. The van der Waals surface area contributed by atoms with Crippen LogP contribution in [0.1, 0.15) is 52.4 Å². The fraction of sp³-hybridized carbons (Fsp3) is 1.00. The molecule has 0 bridgehead atoms. The third-order valence-electron chi connectivity index (χ3n) is 4.01. The van der Waals surface area contributed by atoms with E-state index in [1.54, 1.807) is 0 Å². The SMILES string of the molecule is CCC(CC)CC(CN)C1CCCCN1. The maximum Gasteiger partial charge on any atom is 0.0107 e. The van der Waals surface area contributed by atoms with Crippen LogP contribution in [0.15, 0.2) is 0 Å². The van der Waals surface area contributed by atoms with E-state index in [9.17, 15) is 0 Å². The average Bonchev–Trinajstić information content (AvgIpc) is 2.32. The van der Waals surface area contributed by atoms with Gasteiger partial charge in [-0.15, -0.1) is 0 Å². The van der Waals surface area contributed by atoms with Crippen LogP contribution in [0.3, 0.4) is 0 Å². The summed E-state index contributed by atoms with van der Waals surface area (Å²) in [5, 5.41) is 3.64. The molecule has 2 unspecified atom stereocenters. The van der Waals surface area contributed by atoms with Gasteiger partial charge >= 0.3 is 0 Å². The second-order valence-electron chi connectivity index (χ2n) is 4.97. The van der Waals surface area contributed by atoms with E-state index in [4.69, 9.17) is 5.73 Å². The predicted molar refractivity (Wildman–Crippen MR) is 66.9 cm³/mol. The Morgan fingerprint density at radius 2 is 2.00 bits per heavy atom. The zero-order valence-electron chi connectivity index (χ0n) is 10.5. The van der Waals surface area contributed by atoms with Crippen LogP contribution in [-0.2, 0) is 0 Å². The number of rotatable bonds is 6. The van der Waals surface area contributed by atoms with Gasteiger partial charge in [0.2, 0.25) is 0 Å². The Bertz CT molecular complexity index is 149. The Balaban J connectivity index is 2.38. The molecular formula is C13H28N2. The second-order valence-corrected chi connectivity index (χ2v) is 4.97. The van der Waals surface area contributed by atoms with E-state index in [-0.39, 0.29) is 0 Å². The maximum absolute atomic E-state index is 5.92. The molecule has 0 aromatic rings. The van der Waals surface area contributed by atoms with Gasteiger partial charge in [-0.05, 0) is 44.2 Å². The van der Waals surface area contributed by atoms with Gasteiger partial charge in [-0.1, -0.05) is 33.1 Å². The molecule has 1 heterocycles. The van der Waals surface area contributed by atoms with Gasteiger partial charge in [-0.3, -0.25) is 0 Å². The van der Waals surface area contributed by atoms with Gasteiger partial charge in [0.25, 0.3) is 0 Å². The molecule has 1 fully saturated rings. The van der Waals surface area contributed by atoms with Gasteiger partial charge in [0.05, 0.1) is 0 Å². The first kappa shape index (κ1) is 13.0. The lowest BCUT2D eigenvalue weighted by Gasteiger charge is -2.32. The van der Waals surface area contributed by atoms with E-state index in [1.165, 1.54) is 45.1 Å². The van der Waals surface area contributed by atoms with Crippen molar-refractivity contribution >= 4 is 0 Å². The summed E-state index contributed by atoms with van der Waals surface area (Å²) in [5.74, 6) is 1.58. The lowest BCUT2D eigenvalue weighted by atomic mass is 9.83. The smallest absolute Gasteiger partial charge is 0.0107 e. The van der Waals surface area contributed by atoms with Gasteiger partial charge in [0.1, 0.15) is 0 Å². The van der Waals surface area contributed by atoms with Crippen molar-refractivity contribution < 1.29 is 0 Å². The molecule has 0 aromatic heterocycles. The molecule has 3 N–H and O–H groups in total. The second kappa shape index (κ2) is 7.24. The van der Waals surface area contributed by atoms with E-state index in [0.29, 0.717) is 12.0 Å². The van der Waals surface area contributed by atoms with Crippen molar-refractivity contribution in [2.75, 3.05) is 13.1 Å². The minimum absolute atomic E-state index is 0.698. The lowest BCUT2D eigenvalue weighted by molar-refractivity contribution is 0.248. The maximum atomic E-state index is 5.92. The molecule has 1 saturated heterocycles. The highest BCUT2D eigenvalue weighted by atomic mass is 14.9. The molecule has 2 atom stereocenters. The summed E-state index contributed by atoms with van der Waals surface area (Å²) in [5.41, 5.74) is 5.92. The molecule has 0 aromatic carbocycles. The normalized spacial score (nSPS) is 24.4. The summed E-state index contributed by atoms with van der Waals surface area (Å²) < 4.78 is 0. The van der Waals surface area contributed by atoms with Crippen molar-refractivity contribution in [2.24, 2.45) is 17.6 Å². The Morgan fingerprint density at radius 3 is 2.47 bits per heavy atom. The molecular weight excluding hydrogens is 184 g/mol. The van der Waals surface area contributed by atoms with Crippen LogP contribution >= 0.6 is 0 Å². The summed E-state index contributed by atoms with van der Waals surface area (Å²) in [6.07, 6.45) is 8.00.